The van der Waals surface area contributed by atoms with Crippen LogP contribution in [0.25, 0.3) is 0 Å². The lowest BCUT2D eigenvalue weighted by atomic mass is 10.1. The summed E-state index contributed by atoms with van der Waals surface area (Å²) in [5.41, 5.74) is 2.19. The van der Waals surface area contributed by atoms with Crippen LogP contribution in [0.1, 0.15) is 24.8 Å². The van der Waals surface area contributed by atoms with Crippen molar-refractivity contribution in [2.45, 2.75) is 32.2 Å². The fourth-order valence-corrected chi connectivity index (χ4v) is 2.42. The van der Waals surface area contributed by atoms with Gasteiger partial charge >= 0.3 is 0 Å². The topological polar surface area (TPSA) is 45.0 Å². The summed E-state index contributed by atoms with van der Waals surface area (Å²) in [6.07, 6.45) is 3.20. The van der Waals surface area contributed by atoms with Crippen molar-refractivity contribution >= 4 is 5.69 Å². The molecule has 1 N–H and O–H groups in total. The molecule has 0 heterocycles. The van der Waals surface area contributed by atoms with Crippen molar-refractivity contribution < 1.29 is 4.74 Å². The maximum Gasteiger partial charge on any atom is 0.141 e. The highest BCUT2D eigenvalue weighted by atomic mass is 16.5. The molecule has 1 aromatic carbocycles. The quantitative estimate of drug-likeness (QED) is 0.867. The molecule has 1 aliphatic carbocycles. The number of nitriles is 1. The van der Waals surface area contributed by atoms with E-state index in [-0.39, 0.29) is 12.0 Å². The minimum atomic E-state index is 0.125. The van der Waals surface area contributed by atoms with E-state index in [4.69, 9.17) is 10.00 Å². The van der Waals surface area contributed by atoms with Crippen molar-refractivity contribution in [2.75, 3.05) is 12.4 Å². The normalized spacial score (nSPS) is 23.1. The lowest BCUT2D eigenvalue weighted by Gasteiger charge is -2.19. The summed E-state index contributed by atoms with van der Waals surface area (Å²) in [5, 5.41) is 12.5. The van der Waals surface area contributed by atoms with E-state index in [1.807, 2.05) is 12.1 Å². The number of hydrogen-bond acceptors (Lipinski definition) is 3. The van der Waals surface area contributed by atoms with E-state index in [0.717, 1.165) is 30.7 Å². The molecule has 90 valence electrons. The van der Waals surface area contributed by atoms with Gasteiger partial charge < -0.3 is 10.1 Å². The van der Waals surface area contributed by atoms with Crippen molar-refractivity contribution in [1.82, 2.24) is 0 Å². The van der Waals surface area contributed by atoms with Crippen molar-refractivity contribution in [3.8, 4) is 11.8 Å². The van der Waals surface area contributed by atoms with Crippen molar-refractivity contribution in [1.29, 1.82) is 5.26 Å². The van der Waals surface area contributed by atoms with Gasteiger partial charge in [-0.3, -0.25) is 0 Å². The number of methoxy groups -OCH3 is 1. The van der Waals surface area contributed by atoms with Gasteiger partial charge in [0.15, 0.2) is 0 Å². The minimum Gasteiger partial charge on any atom is -0.495 e. The molecule has 1 aromatic rings. The summed E-state index contributed by atoms with van der Waals surface area (Å²) in [7, 11) is 1.67. The Kier molecular flexibility index (Phi) is 3.53. The fourth-order valence-electron chi connectivity index (χ4n) is 2.42. The molecule has 2 atom stereocenters. The molecule has 0 amide bonds. The number of nitrogens with zero attached hydrogens (tertiary/aromatic N) is 1. The molecule has 0 aliphatic heterocycles. The first-order chi connectivity index (χ1) is 8.24. The number of hydrogen-bond donors (Lipinski definition) is 1. The van der Waals surface area contributed by atoms with E-state index in [0.29, 0.717) is 0 Å². The van der Waals surface area contributed by atoms with Crippen molar-refractivity contribution in [3.05, 3.63) is 23.8 Å². The van der Waals surface area contributed by atoms with Gasteiger partial charge in [0.05, 0.1) is 24.8 Å². The Bertz CT molecular complexity index is 436. The molecule has 0 bridgehead atoms. The van der Waals surface area contributed by atoms with Crippen LogP contribution in [-0.2, 0) is 0 Å². The van der Waals surface area contributed by atoms with Crippen LogP contribution in [0.3, 0.4) is 0 Å². The maximum atomic E-state index is 9.07. The third-order valence-electron chi connectivity index (χ3n) is 3.38. The van der Waals surface area contributed by atoms with Crippen LogP contribution in [0.5, 0.6) is 5.75 Å². The zero-order valence-electron chi connectivity index (χ0n) is 10.4. The van der Waals surface area contributed by atoms with E-state index in [1.54, 1.807) is 7.11 Å². The second-order valence-corrected chi connectivity index (χ2v) is 4.62. The average molecular weight is 230 g/mol. The van der Waals surface area contributed by atoms with Crippen LogP contribution in [0.15, 0.2) is 18.2 Å². The average Bonchev–Trinajstić information content (AvgIpc) is 2.77. The first-order valence-electron chi connectivity index (χ1n) is 6.05. The van der Waals surface area contributed by atoms with E-state index >= 15 is 0 Å². The number of benzene rings is 1. The van der Waals surface area contributed by atoms with Gasteiger partial charge in [-0.25, -0.2) is 0 Å². The monoisotopic (exact) mass is 230 g/mol. The van der Waals surface area contributed by atoms with Crippen molar-refractivity contribution in [3.63, 3.8) is 0 Å². The standard InChI is InChI=1S/C14H18N2O/c1-10-6-7-14(17-2)13(8-10)16-12-5-3-4-11(12)9-15/h6-8,11-12,16H,3-5H2,1-2H3. The molecule has 3 heteroatoms. The van der Waals surface area contributed by atoms with E-state index in [2.05, 4.69) is 24.4 Å². The Hall–Kier alpha value is -1.69. The van der Waals surface area contributed by atoms with Crippen LogP contribution >= 0.6 is 0 Å². The Balaban J connectivity index is 2.18. The molecule has 1 aliphatic rings. The summed E-state index contributed by atoms with van der Waals surface area (Å²) in [5.74, 6) is 0.972. The largest absolute Gasteiger partial charge is 0.495 e. The molecule has 1 fully saturated rings. The highest BCUT2D eigenvalue weighted by molar-refractivity contribution is 5.58. The second-order valence-electron chi connectivity index (χ2n) is 4.62. The Labute approximate surface area is 102 Å². The summed E-state index contributed by atoms with van der Waals surface area (Å²) in [4.78, 5) is 0. The number of aryl methyl sites for hydroxylation is 1. The highest BCUT2D eigenvalue weighted by Gasteiger charge is 2.27. The third kappa shape index (κ3) is 2.52. The van der Waals surface area contributed by atoms with E-state index in [1.165, 1.54) is 5.56 Å². The smallest absolute Gasteiger partial charge is 0.141 e. The Morgan fingerprint density at radius 2 is 2.24 bits per heavy atom. The minimum absolute atomic E-state index is 0.125. The van der Waals surface area contributed by atoms with Gasteiger partial charge in [0.25, 0.3) is 0 Å². The first kappa shape index (κ1) is 11.8. The van der Waals surface area contributed by atoms with Gasteiger partial charge in [0, 0.05) is 6.04 Å². The van der Waals surface area contributed by atoms with Crippen molar-refractivity contribution in [2.24, 2.45) is 5.92 Å². The van der Waals surface area contributed by atoms with Gasteiger partial charge in [-0.15, -0.1) is 0 Å². The zero-order valence-corrected chi connectivity index (χ0v) is 10.4. The van der Waals surface area contributed by atoms with Gasteiger partial charge in [-0.05, 0) is 43.9 Å². The number of ether oxygens (including phenoxy) is 1. The lowest BCUT2D eigenvalue weighted by molar-refractivity contribution is 0.415. The molecule has 17 heavy (non-hydrogen) atoms. The molecular formula is C14H18N2O. The maximum absolute atomic E-state index is 9.07. The van der Waals surface area contributed by atoms with E-state index in [9.17, 15) is 0 Å². The van der Waals surface area contributed by atoms with Crippen LogP contribution in [0.2, 0.25) is 0 Å². The summed E-state index contributed by atoms with van der Waals surface area (Å²) in [6.45, 7) is 2.06. The van der Waals surface area contributed by atoms with Gasteiger partial charge in [-0.1, -0.05) is 6.07 Å². The van der Waals surface area contributed by atoms with Crippen LogP contribution < -0.4 is 10.1 Å². The summed E-state index contributed by atoms with van der Waals surface area (Å²) in [6, 6.07) is 8.71. The molecule has 0 radical (unpaired) electrons. The van der Waals surface area contributed by atoms with Crippen LogP contribution in [0.4, 0.5) is 5.69 Å². The van der Waals surface area contributed by atoms with Gasteiger partial charge in [0.1, 0.15) is 5.75 Å². The molecule has 0 saturated heterocycles. The Morgan fingerprint density at radius 1 is 1.41 bits per heavy atom. The highest BCUT2D eigenvalue weighted by Crippen LogP contribution is 2.32. The van der Waals surface area contributed by atoms with Crippen LogP contribution in [0, 0.1) is 24.2 Å². The molecule has 2 rings (SSSR count). The summed E-state index contributed by atoms with van der Waals surface area (Å²) < 4.78 is 5.33. The lowest BCUT2D eigenvalue weighted by Crippen LogP contribution is -2.23. The predicted molar refractivity (Wildman–Crippen MR) is 68.1 cm³/mol. The van der Waals surface area contributed by atoms with Crippen LogP contribution in [-0.4, -0.2) is 13.2 Å². The van der Waals surface area contributed by atoms with Gasteiger partial charge in [-0.2, -0.15) is 5.26 Å². The molecule has 0 aromatic heterocycles. The fraction of sp³-hybridized carbons (Fsp3) is 0.500. The zero-order chi connectivity index (χ0) is 12.3. The molecule has 0 spiro atoms. The number of anilines is 1. The molecular weight excluding hydrogens is 212 g/mol. The second kappa shape index (κ2) is 5.09. The SMILES string of the molecule is COc1ccc(C)cc1NC1CCCC1C#N. The van der Waals surface area contributed by atoms with Gasteiger partial charge in [0.2, 0.25) is 0 Å². The Morgan fingerprint density at radius 3 is 2.94 bits per heavy atom. The first-order valence-corrected chi connectivity index (χ1v) is 6.05. The molecule has 3 nitrogen and oxygen atoms in total. The third-order valence-corrected chi connectivity index (χ3v) is 3.38. The summed E-state index contributed by atoms with van der Waals surface area (Å²) >= 11 is 0. The predicted octanol–water partition coefficient (Wildman–Crippen LogP) is 3.11. The molecule has 1 saturated carbocycles. The van der Waals surface area contributed by atoms with E-state index < -0.39 is 0 Å². The number of nitrogens with one attached hydrogen (secondary N) is 1. The molecule has 2 unspecified atom stereocenters. The number of rotatable bonds is 3.